The summed E-state index contributed by atoms with van der Waals surface area (Å²) in [5, 5.41) is 0. The minimum atomic E-state index is -4.39. The first-order chi connectivity index (χ1) is 16.3. The lowest BCUT2D eigenvalue weighted by Crippen LogP contribution is -2.25. The summed E-state index contributed by atoms with van der Waals surface area (Å²) in [6.45, 7) is 0.564. The minimum absolute atomic E-state index is 0.180. The van der Waals surface area contributed by atoms with Crippen molar-refractivity contribution in [1.29, 1.82) is 0 Å². The van der Waals surface area contributed by atoms with Crippen LogP contribution in [0.2, 0.25) is 0 Å². The van der Waals surface area contributed by atoms with Crippen molar-refractivity contribution >= 4 is 5.82 Å². The van der Waals surface area contributed by atoms with E-state index in [0.717, 1.165) is 24.1 Å². The SMILES string of the molecule is COc1ccc(CCc2ncnc(N3CCCC3c3ccc(C(F)(F)F)cc3)c2F)cc1OC. The summed E-state index contributed by atoms with van der Waals surface area (Å²) in [5.41, 5.74) is 1.24. The molecule has 180 valence electrons. The molecule has 9 heteroatoms. The van der Waals surface area contributed by atoms with E-state index in [1.807, 2.05) is 17.0 Å². The van der Waals surface area contributed by atoms with Crippen molar-refractivity contribution in [2.24, 2.45) is 0 Å². The number of rotatable bonds is 7. The third-order valence-electron chi connectivity index (χ3n) is 6.09. The van der Waals surface area contributed by atoms with Gasteiger partial charge in [0.05, 0.1) is 31.5 Å². The maximum atomic E-state index is 15.4. The van der Waals surface area contributed by atoms with E-state index in [-0.39, 0.29) is 17.6 Å². The van der Waals surface area contributed by atoms with Crippen molar-refractivity contribution < 1.29 is 27.0 Å². The molecular formula is C25H25F4N3O2. The van der Waals surface area contributed by atoms with Gasteiger partial charge >= 0.3 is 6.18 Å². The highest BCUT2D eigenvalue weighted by Gasteiger charge is 2.33. The number of halogens is 4. The van der Waals surface area contributed by atoms with E-state index in [9.17, 15) is 13.2 Å². The molecule has 0 amide bonds. The molecule has 1 aliphatic heterocycles. The van der Waals surface area contributed by atoms with Crippen molar-refractivity contribution in [3.05, 3.63) is 77.0 Å². The van der Waals surface area contributed by atoms with Gasteiger partial charge in [0.1, 0.15) is 6.33 Å². The largest absolute Gasteiger partial charge is 0.493 e. The molecule has 34 heavy (non-hydrogen) atoms. The molecule has 0 spiro atoms. The lowest BCUT2D eigenvalue weighted by Gasteiger charge is -2.27. The van der Waals surface area contributed by atoms with Gasteiger partial charge in [0, 0.05) is 6.54 Å². The number of hydrogen-bond acceptors (Lipinski definition) is 5. The molecule has 1 unspecified atom stereocenters. The number of aromatic nitrogens is 2. The number of ether oxygens (including phenoxy) is 2. The van der Waals surface area contributed by atoms with Crippen LogP contribution in [0.5, 0.6) is 11.5 Å². The van der Waals surface area contributed by atoms with Gasteiger partial charge in [-0.15, -0.1) is 0 Å². The number of alkyl halides is 3. The fraction of sp³-hybridized carbons (Fsp3) is 0.360. The zero-order valence-corrected chi connectivity index (χ0v) is 18.9. The lowest BCUT2D eigenvalue weighted by molar-refractivity contribution is -0.137. The second kappa shape index (κ2) is 9.87. The van der Waals surface area contributed by atoms with Gasteiger partial charge in [0.2, 0.25) is 0 Å². The lowest BCUT2D eigenvalue weighted by atomic mass is 10.0. The van der Waals surface area contributed by atoms with Crippen molar-refractivity contribution in [3.63, 3.8) is 0 Å². The molecule has 1 saturated heterocycles. The molecule has 0 bridgehead atoms. The molecule has 1 atom stereocenters. The molecule has 5 nitrogen and oxygen atoms in total. The first kappa shape index (κ1) is 23.8. The second-order valence-electron chi connectivity index (χ2n) is 8.12. The Kier molecular flexibility index (Phi) is 6.90. The third kappa shape index (κ3) is 4.93. The molecule has 0 radical (unpaired) electrons. The van der Waals surface area contributed by atoms with Gasteiger partial charge in [0.25, 0.3) is 0 Å². The van der Waals surface area contributed by atoms with E-state index in [1.54, 1.807) is 20.3 Å². The molecule has 1 fully saturated rings. The van der Waals surface area contributed by atoms with Gasteiger partial charge in [-0.2, -0.15) is 13.2 Å². The standard InChI is InChI=1S/C25H25F4N3O2/c1-33-21-12-6-16(14-22(21)34-2)5-11-19-23(26)24(31-15-30-19)32-13-3-4-20(32)17-7-9-18(10-8-17)25(27,28)29/h6-10,12,14-15,20H,3-5,11,13H2,1-2H3. The fourth-order valence-corrected chi connectivity index (χ4v) is 4.33. The third-order valence-corrected chi connectivity index (χ3v) is 6.09. The summed E-state index contributed by atoms with van der Waals surface area (Å²) >= 11 is 0. The van der Waals surface area contributed by atoms with Gasteiger partial charge in [-0.3, -0.25) is 0 Å². The number of nitrogens with zero attached hydrogens (tertiary/aromatic N) is 3. The Bertz CT molecular complexity index is 1140. The Morgan fingerprint density at radius 3 is 2.38 bits per heavy atom. The maximum absolute atomic E-state index is 15.4. The Balaban J connectivity index is 1.53. The van der Waals surface area contributed by atoms with Gasteiger partial charge < -0.3 is 14.4 Å². The molecule has 1 aromatic heterocycles. The molecule has 0 aliphatic carbocycles. The highest BCUT2D eigenvalue weighted by Crippen LogP contribution is 2.38. The Hall–Kier alpha value is -3.36. The van der Waals surface area contributed by atoms with Gasteiger partial charge in [0.15, 0.2) is 23.1 Å². The van der Waals surface area contributed by atoms with Crippen LogP contribution in [-0.2, 0) is 19.0 Å². The molecule has 3 aromatic rings. The van der Waals surface area contributed by atoms with E-state index in [1.165, 1.54) is 18.5 Å². The van der Waals surface area contributed by atoms with Gasteiger partial charge in [-0.25, -0.2) is 14.4 Å². The van der Waals surface area contributed by atoms with E-state index >= 15 is 4.39 Å². The van der Waals surface area contributed by atoms with E-state index in [0.29, 0.717) is 42.9 Å². The van der Waals surface area contributed by atoms with Crippen LogP contribution in [-0.4, -0.2) is 30.7 Å². The second-order valence-corrected chi connectivity index (χ2v) is 8.12. The van der Waals surface area contributed by atoms with Gasteiger partial charge in [-0.05, 0) is 61.1 Å². The smallest absolute Gasteiger partial charge is 0.416 e. The van der Waals surface area contributed by atoms with Crippen molar-refractivity contribution in [2.75, 3.05) is 25.7 Å². The zero-order chi connectivity index (χ0) is 24.3. The van der Waals surface area contributed by atoms with Crippen LogP contribution in [0.1, 0.15) is 41.3 Å². The molecule has 4 rings (SSSR count). The molecular weight excluding hydrogens is 450 g/mol. The van der Waals surface area contributed by atoms with Crippen LogP contribution < -0.4 is 14.4 Å². The quantitative estimate of drug-likeness (QED) is 0.406. The number of anilines is 1. The van der Waals surface area contributed by atoms with Gasteiger partial charge in [-0.1, -0.05) is 18.2 Å². The average Bonchev–Trinajstić information content (AvgIpc) is 3.32. The number of aryl methyl sites for hydroxylation is 2. The summed E-state index contributed by atoms with van der Waals surface area (Å²) in [6.07, 6.45) is -0.669. The average molecular weight is 475 g/mol. The first-order valence-corrected chi connectivity index (χ1v) is 11.0. The topological polar surface area (TPSA) is 47.5 Å². The summed E-state index contributed by atoms with van der Waals surface area (Å²) in [4.78, 5) is 10.1. The Morgan fingerprint density at radius 1 is 0.971 bits per heavy atom. The Labute approximate surface area is 195 Å². The van der Waals surface area contributed by atoms with Crippen LogP contribution in [0.4, 0.5) is 23.4 Å². The summed E-state index contributed by atoms with van der Waals surface area (Å²) in [5.74, 6) is 0.895. The van der Waals surface area contributed by atoms with E-state index < -0.39 is 17.6 Å². The number of hydrogen-bond donors (Lipinski definition) is 0. The molecule has 0 saturated carbocycles. The molecule has 1 aliphatic rings. The first-order valence-electron chi connectivity index (χ1n) is 11.0. The van der Waals surface area contributed by atoms with E-state index in [2.05, 4.69) is 9.97 Å². The normalized spacial score (nSPS) is 16.1. The van der Waals surface area contributed by atoms with Crippen LogP contribution >= 0.6 is 0 Å². The summed E-state index contributed by atoms with van der Waals surface area (Å²) in [7, 11) is 3.12. The molecule has 2 heterocycles. The van der Waals surface area contributed by atoms with Crippen molar-refractivity contribution in [1.82, 2.24) is 9.97 Å². The number of methoxy groups -OCH3 is 2. The van der Waals surface area contributed by atoms with Crippen molar-refractivity contribution in [3.8, 4) is 11.5 Å². The highest BCUT2D eigenvalue weighted by molar-refractivity contribution is 5.47. The monoisotopic (exact) mass is 475 g/mol. The number of benzene rings is 2. The maximum Gasteiger partial charge on any atom is 0.416 e. The van der Waals surface area contributed by atoms with Crippen LogP contribution in [0.25, 0.3) is 0 Å². The van der Waals surface area contributed by atoms with Crippen LogP contribution in [0.15, 0.2) is 48.8 Å². The minimum Gasteiger partial charge on any atom is -0.493 e. The highest BCUT2D eigenvalue weighted by atomic mass is 19.4. The predicted molar refractivity (Wildman–Crippen MR) is 120 cm³/mol. The molecule has 2 aromatic carbocycles. The molecule has 0 N–H and O–H groups in total. The van der Waals surface area contributed by atoms with Crippen molar-refractivity contribution in [2.45, 2.75) is 37.9 Å². The predicted octanol–water partition coefficient (Wildman–Crippen LogP) is 5.78. The fourth-order valence-electron chi connectivity index (χ4n) is 4.33. The summed E-state index contributed by atoms with van der Waals surface area (Å²) < 4.78 is 64.8. The van der Waals surface area contributed by atoms with Crippen LogP contribution in [0, 0.1) is 5.82 Å². The van der Waals surface area contributed by atoms with Crippen LogP contribution in [0.3, 0.4) is 0 Å². The Morgan fingerprint density at radius 2 is 1.71 bits per heavy atom. The van der Waals surface area contributed by atoms with E-state index in [4.69, 9.17) is 9.47 Å². The zero-order valence-electron chi connectivity index (χ0n) is 18.9. The summed E-state index contributed by atoms with van der Waals surface area (Å²) in [6, 6.07) is 10.3.